The van der Waals surface area contributed by atoms with E-state index < -0.39 is 12.0 Å². The number of nitrogens with one attached hydrogen (secondary N) is 1. The van der Waals surface area contributed by atoms with Crippen LogP contribution in [0.25, 0.3) is 11.3 Å². The molecule has 170 valence electrons. The molecule has 0 spiro atoms. The SMILES string of the molecule is CCOc1ccc(N2C(=O)c3[nH]nc(-c4ccccc4)c3C2c2ccc(C(=O)OC)cc2)cc1. The minimum absolute atomic E-state index is 0.170. The number of anilines is 1. The van der Waals surface area contributed by atoms with Crippen molar-refractivity contribution in [1.29, 1.82) is 0 Å². The van der Waals surface area contributed by atoms with Crippen molar-refractivity contribution in [3.8, 4) is 17.0 Å². The van der Waals surface area contributed by atoms with E-state index in [0.29, 0.717) is 17.9 Å². The second kappa shape index (κ2) is 8.86. The van der Waals surface area contributed by atoms with Gasteiger partial charge in [-0.1, -0.05) is 42.5 Å². The minimum Gasteiger partial charge on any atom is -0.494 e. The molecule has 1 N–H and O–H groups in total. The standard InChI is InChI=1S/C27H23N3O4/c1-3-34-21-15-13-20(14-16-21)30-25(18-9-11-19(12-10-18)27(32)33-2)22-23(17-7-5-4-6-8-17)28-29-24(22)26(30)31/h4-16,25H,3H2,1-2H3,(H,28,29). The monoisotopic (exact) mass is 453 g/mol. The third kappa shape index (κ3) is 3.61. The van der Waals surface area contributed by atoms with Crippen LogP contribution in [0.3, 0.4) is 0 Å². The van der Waals surface area contributed by atoms with Crippen LogP contribution in [0.4, 0.5) is 5.69 Å². The van der Waals surface area contributed by atoms with Crippen LogP contribution in [0.2, 0.25) is 0 Å². The summed E-state index contributed by atoms with van der Waals surface area (Å²) in [6.07, 6.45) is 0. The minimum atomic E-state index is -0.430. The summed E-state index contributed by atoms with van der Waals surface area (Å²) in [7, 11) is 1.35. The van der Waals surface area contributed by atoms with E-state index in [2.05, 4.69) is 10.2 Å². The molecule has 2 heterocycles. The number of fused-ring (bicyclic) bond motifs is 1. The highest BCUT2D eigenvalue weighted by Crippen LogP contribution is 2.45. The number of benzene rings is 3. The van der Waals surface area contributed by atoms with Gasteiger partial charge in [0.25, 0.3) is 5.91 Å². The summed E-state index contributed by atoms with van der Waals surface area (Å²) < 4.78 is 10.4. The van der Waals surface area contributed by atoms with E-state index in [1.807, 2.05) is 73.7 Å². The molecule has 1 aliphatic rings. The molecule has 4 aromatic rings. The molecule has 1 unspecified atom stereocenters. The zero-order valence-corrected chi connectivity index (χ0v) is 18.8. The maximum absolute atomic E-state index is 13.6. The van der Waals surface area contributed by atoms with Gasteiger partial charge in [0.1, 0.15) is 11.4 Å². The number of hydrogen-bond donors (Lipinski definition) is 1. The fourth-order valence-corrected chi connectivity index (χ4v) is 4.33. The first kappa shape index (κ1) is 21.5. The highest BCUT2D eigenvalue weighted by atomic mass is 16.5. The molecule has 0 saturated carbocycles. The van der Waals surface area contributed by atoms with Crippen LogP contribution in [-0.2, 0) is 4.74 Å². The lowest BCUT2D eigenvalue weighted by Gasteiger charge is -2.27. The Kier molecular flexibility index (Phi) is 5.59. The molecule has 0 bridgehead atoms. The number of hydrogen-bond acceptors (Lipinski definition) is 5. The average molecular weight is 453 g/mol. The molecule has 0 aliphatic carbocycles. The van der Waals surface area contributed by atoms with Gasteiger partial charge < -0.3 is 9.47 Å². The van der Waals surface area contributed by atoms with Crippen molar-refractivity contribution in [2.75, 3.05) is 18.6 Å². The average Bonchev–Trinajstić information content (AvgIpc) is 3.44. The first-order chi connectivity index (χ1) is 16.6. The highest BCUT2D eigenvalue weighted by Gasteiger charge is 2.43. The van der Waals surface area contributed by atoms with E-state index in [9.17, 15) is 9.59 Å². The number of rotatable bonds is 6. The molecule has 1 amide bonds. The van der Waals surface area contributed by atoms with Crippen molar-refractivity contribution < 1.29 is 19.1 Å². The number of aromatic amines is 1. The van der Waals surface area contributed by atoms with Crippen molar-refractivity contribution >= 4 is 17.6 Å². The molecule has 0 fully saturated rings. The van der Waals surface area contributed by atoms with E-state index >= 15 is 0 Å². The third-order valence-corrected chi connectivity index (χ3v) is 5.89. The number of carbonyl (C=O) groups excluding carboxylic acids is 2. The lowest BCUT2D eigenvalue weighted by atomic mass is 9.95. The lowest BCUT2D eigenvalue weighted by Crippen LogP contribution is -2.29. The van der Waals surface area contributed by atoms with Gasteiger partial charge in [-0.15, -0.1) is 0 Å². The molecule has 34 heavy (non-hydrogen) atoms. The topological polar surface area (TPSA) is 84.5 Å². The molecule has 3 aromatic carbocycles. The molecule has 1 aliphatic heterocycles. The van der Waals surface area contributed by atoms with Gasteiger partial charge >= 0.3 is 5.97 Å². The first-order valence-corrected chi connectivity index (χ1v) is 11.0. The largest absolute Gasteiger partial charge is 0.494 e. The molecule has 7 nitrogen and oxygen atoms in total. The molecular formula is C27H23N3O4. The van der Waals surface area contributed by atoms with E-state index in [-0.39, 0.29) is 5.91 Å². The second-order valence-electron chi connectivity index (χ2n) is 7.85. The number of methoxy groups -OCH3 is 1. The van der Waals surface area contributed by atoms with Gasteiger partial charge in [0, 0.05) is 16.8 Å². The Balaban J connectivity index is 1.64. The number of ether oxygens (including phenoxy) is 2. The van der Waals surface area contributed by atoms with E-state index in [0.717, 1.165) is 33.8 Å². The maximum atomic E-state index is 13.6. The van der Waals surface area contributed by atoms with Crippen molar-refractivity contribution in [2.45, 2.75) is 13.0 Å². The van der Waals surface area contributed by atoms with Gasteiger partial charge in [0.2, 0.25) is 0 Å². The Hall–Kier alpha value is -4.39. The van der Waals surface area contributed by atoms with E-state index in [4.69, 9.17) is 9.47 Å². The lowest BCUT2D eigenvalue weighted by molar-refractivity contribution is 0.0600. The summed E-state index contributed by atoms with van der Waals surface area (Å²) in [6, 6.07) is 23.9. The Morgan fingerprint density at radius 1 is 1.00 bits per heavy atom. The molecule has 1 atom stereocenters. The molecule has 0 radical (unpaired) electrons. The number of aromatic nitrogens is 2. The van der Waals surface area contributed by atoms with Crippen LogP contribution in [0.5, 0.6) is 5.75 Å². The number of esters is 1. The van der Waals surface area contributed by atoms with Crippen molar-refractivity contribution in [2.24, 2.45) is 0 Å². The molecule has 7 heteroatoms. The Bertz CT molecular complexity index is 1330. The third-order valence-electron chi connectivity index (χ3n) is 5.89. The number of nitrogens with zero attached hydrogens (tertiary/aromatic N) is 2. The van der Waals surface area contributed by atoms with Crippen molar-refractivity contribution in [1.82, 2.24) is 10.2 Å². The van der Waals surface area contributed by atoms with Crippen LogP contribution in [0.15, 0.2) is 78.9 Å². The normalized spacial score (nSPS) is 14.7. The number of carbonyl (C=O) groups is 2. The van der Waals surface area contributed by atoms with E-state index in [1.54, 1.807) is 17.0 Å². The van der Waals surface area contributed by atoms with Gasteiger partial charge in [0.15, 0.2) is 0 Å². The summed E-state index contributed by atoms with van der Waals surface area (Å²) >= 11 is 0. The predicted molar refractivity (Wildman–Crippen MR) is 128 cm³/mol. The summed E-state index contributed by atoms with van der Waals surface area (Å²) in [5, 5.41) is 7.46. The fourth-order valence-electron chi connectivity index (χ4n) is 4.33. The predicted octanol–water partition coefficient (Wildman–Crippen LogP) is 5.01. The fraction of sp³-hybridized carbons (Fsp3) is 0.148. The zero-order chi connectivity index (χ0) is 23.7. The van der Waals surface area contributed by atoms with Gasteiger partial charge in [-0.25, -0.2) is 4.79 Å². The van der Waals surface area contributed by atoms with Crippen LogP contribution in [0, 0.1) is 0 Å². The van der Waals surface area contributed by atoms with Crippen LogP contribution in [-0.4, -0.2) is 35.8 Å². The van der Waals surface area contributed by atoms with Crippen LogP contribution in [0.1, 0.15) is 44.9 Å². The summed E-state index contributed by atoms with van der Waals surface area (Å²) in [5.41, 5.74) is 4.92. The Morgan fingerprint density at radius 3 is 2.35 bits per heavy atom. The second-order valence-corrected chi connectivity index (χ2v) is 7.85. The van der Waals surface area contributed by atoms with E-state index in [1.165, 1.54) is 7.11 Å². The van der Waals surface area contributed by atoms with Crippen LogP contribution >= 0.6 is 0 Å². The first-order valence-electron chi connectivity index (χ1n) is 11.0. The quantitative estimate of drug-likeness (QED) is 0.415. The van der Waals surface area contributed by atoms with Gasteiger partial charge in [-0.3, -0.25) is 14.8 Å². The molecular weight excluding hydrogens is 430 g/mol. The summed E-state index contributed by atoms with van der Waals surface area (Å²) in [5.74, 6) is 0.157. The number of H-pyrrole nitrogens is 1. The Labute approximate surface area is 196 Å². The van der Waals surface area contributed by atoms with Gasteiger partial charge in [-0.2, -0.15) is 5.10 Å². The number of amides is 1. The molecule has 1 aromatic heterocycles. The smallest absolute Gasteiger partial charge is 0.337 e. The van der Waals surface area contributed by atoms with Crippen LogP contribution < -0.4 is 9.64 Å². The van der Waals surface area contributed by atoms with Crippen molar-refractivity contribution in [3.63, 3.8) is 0 Å². The molecule has 0 saturated heterocycles. The Morgan fingerprint density at radius 2 is 1.71 bits per heavy atom. The maximum Gasteiger partial charge on any atom is 0.337 e. The summed E-state index contributed by atoms with van der Waals surface area (Å²) in [4.78, 5) is 27.3. The zero-order valence-electron chi connectivity index (χ0n) is 18.8. The van der Waals surface area contributed by atoms with Gasteiger partial charge in [0.05, 0.1) is 31.0 Å². The summed E-state index contributed by atoms with van der Waals surface area (Å²) in [6.45, 7) is 2.49. The molecule has 5 rings (SSSR count). The van der Waals surface area contributed by atoms with Crippen molar-refractivity contribution in [3.05, 3.63) is 101 Å². The van der Waals surface area contributed by atoms with Gasteiger partial charge in [-0.05, 0) is 48.9 Å². The highest BCUT2D eigenvalue weighted by molar-refractivity contribution is 6.11.